The van der Waals surface area contributed by atoms with Crippen LogP contribution in [-0.4, -0.2) is 37.2 Å². The second-order valence-electron chi connectivity index (χ2n) is 7.72. The molecule has 0 aliphatic carbocycles. The fourth-order valence-electron chi connectivity index (χ4n) is 3.35. The molecule has 178 valence electrons. The Kier molecular flexibility index (Phi) is 7.64. The molecule has 1 amide bonds. The van der Waals surface area contributed by atoms with Crippen LogP contribution in [0.3, 0.4) is 0 Å². The van der Waals surface area contributed by atoms with Gasteiger partial charge in [-0.3, -0.25) is 14.9 Å². The summed E-state index contributed by atoms with van der Waals surface area (Å²) in [5.41, 5.74) is 2.08. The van der Waals surface area contributed by atoms with Crippen LogP contribution in [0.5, 0.6) is 5.75 Å². The van der Waals surface area contributed by atoms with Crippen LogP contribution >= 0.6 is 0 Å². The fraction of sp³-hybridized carbons (Fsp3) is 0.208. The number of nitro groups is 1. The molecular weight excluding hydrogens is 458 g/mol. The van der Waals surface area contributed by atoms with Crippen molar-refractivity contribution in [3.63, 3.8) is 0 Å². The number of anilines is 1. The van der Waals surface area contributed by atoms with E-state index in [1.54, 1.807) is 50.2 Å². The molecule has 0 saturated carbocycles. The molecule has 0 aromatic heterocycles. The van der Waals surface area contributed by atoms with Crippen LogP contribution in [0.2, 0.25) is 0 Å². The Labute approximate surface area is 198 Å². The van der Waals surface area contributed by atoms with Gasteiger partial charge in [0.15, 0.2) is 0 Å². The third kappa shape index (κ3) is 5.77. The molecule has 0 atom stereocenters. The van der Waals surface area contributed by atoms with Crippen molar-refractivity contribution >= 4 is 27.3 Å². The summed E-state index contributed by atoms with van der Waals surface area (Å²) in [4.78, 5) is 23.4. The minimum absolute atomic E-state index is 0.0507. The van der Waals surface area contributed by atoms with E-state index in [4.69, 9.17) is 4.74 Å². The van der Waals surface area contributed by atoms with Gasteiger partial charge in [-0.1, -0.05) is 42.5 Å². The number of hydrogen-bond donors (Lipinski definition) is 1. The molecule has 0 unspecified atom stereocenters. The SMILES string of the molecule is COc1ccc(C)cc1S(=O)(=O)N(CC(=O)Nc1cc([N+](=O)[O-])ccc1C)Cc1ccccc1. The zero-order valence-electron chi connectivity index (χ0n) is 19.0. The second-order valence-corrected chi connectivity index (χ2v) is 9.62. The van der Waals surface area contributed by atoms with Crippen LogP contribution in [0.25, 0.3) is 0 Å². The third-order valence-corrected chi connectivity index (χ3v) is 6.98. The average Bonchev–Trinajstić information content (AvgIpc) is 2.80. The van der Waals surface area contributed by atoms with Crippen LogP contribution in [-0.2, 0) is 21.4 Å². The summed E-state index contributed by atoms with van der Waals surface area (Å²) >= 11 is 0. The quantitative estimate of drug-likeness (QED) is 0.362. The Bertz CT molecular complexity index is 1310. The number of methoxy groups -OCH3 is 1. The molecule has 10 heteroatoms. The largest absolute Gasteiger partial charge is 0.495 e. The van der Waals surface area contributed by atoms with Crippen molar-refractivity contribution in [2.75, 3.05) is 19.0 Å². The van der Waals surface area contributed by atoms with Gasteiger partial charge in [0.1, 0.15) is 10.6 Å². The summed E-state index contributed by atoms with van der Waals surface area (Å²) in [5.74, 6) is -0.465. The molecule has 0 spiro atoms. The van der Waals surface area contributed by atoms with Crippen molar-refractivity contribution in [2.24, 2.45) is 0 Å². The Balaban J connectivity index is 1.96. The molecule has 0 fully saturated rings. The summed E-state index contributed by atoms with van der Waals surface area (Å²) in [6.07, 6.45) is 0. The number of aryl methyl sites for hydroxylation is 2. The van der Waals surface area contributed by atoms with Crippen molar-refractivity contribution in [2.45, 2.75) is 25.3 Å². The maximum Gasteiger partial charge on any atom is 0.271 e. The van der Waals surface area contributed by atoms with Gasteiger partial charge in [0.25, 0.3) is 5.69 Å². The van der Waals surface area contributed by atoms with E-state index in [1.807, 2.05) is 6.07 Å². The molecule has 0 aliphatic heterocycles. The Morgan fingerprint density at radius 1 is 1.06 bits per heavy atom. The molecular formula is C24H25N3O6S. The van der Waals surface area contributed by atoms with Gasteiger partial charge >= 0.3 is 0 Å². The standard InChI is InChI=1S/C24H25N3O6S/c1-17-9-12-22(33-3)23(13-17)34(31,32)26(15-19-7-5-4-6-8-19)16-24(28)25-21-14-20(27(29)30)11-10-18(21)2/h4-14H,15-16H2,1-3H3,(H,25,28). The number of nitro benzene ring substituents is 1. The van der Waals surface area contributed by atoms with Crippen molar-refractivity contribution in [3.8, 4) is 5.75 Å². The first-order valence-corrected chi connectivity index (χ1v) is 11.8. The molecule has 0 aliphatic rings. The topological polar surface area (TPSA) is 119 Å². The van der Waals surface area contributed by atoms with Crippen LogP contribution < -0.4 is 10.1 Å². The van der Waals surface area contributed by atoms with Gasteiger partial charge in [-0.05, 0) is 42.7 Å². The van der Waals surface area contributed by atoms with E-state index >= 15 is 0 Å². The minimum Gasteiger partial charge on any atom is -0.495 e. The van der Waals surface area contributed by atoms with Crippen LogP contribution in [0.15, 0.2) is 71.6 Å². The Morgan fingerprint density at radius 2 is 1.76 bits per heavy atom. The molecule has 3 aromatic rings. The molecule has 34 heavy (non-hydrogen) atoms. The summed E-state index contributed by atoms with van der Waals surface area (Å²) < 4.78 is 33.6. The van der Waals surface area contributed by atoms with E-state index in [9.17, 15) is 23.3 Å². The highest BCUT2D eigenvalue weighted by molar-refractivity contribution is 7.89. The maximum atomic E-state index is 13.6. The number of rotatable bonds is 9. The molecule has 0 heterocycles. The lowest BCUT2D eigenvalue weighted by atomic mass is 10.2. The number of nitrogens with zero attached hydrogens (tertiary/aromatic N) is 2. The normalized spacial score (nSPS) is 11.3. The summed E-state index contributed by atoms with van der Waals surface area (Å²) in [6.45, 7) is 2.89. The van der Waals surface area contributed by atoms with Crippen molar-refractivity contribution < 1.29 is 22.9 Å². The third-order valence-electron chi connectivity index (χ3n) is 5.16. The van der Waals surface area contributed by atoms with Gasteiger partial charge in [0.2, 0.25) is 15.9 Å². The lowest BCUT2D eigenvalue weighted by Gasteiger charge is -2.23. The lowest BCUT2D eigenvalue weighted by molar-refractivity contribution is -0.384. The van der Waals surface area contributed by atoms with Gasteiger partial charge in [0.05, 0.1) is 24.3 Å². The molecule has 0 radical (unpaired) electrons. The number of nitrogens with one attached hydrogen (secondary N) is 1. The number of amides is 1. The number of benzene rings is 3. The highest BCUT2D eigenvalue weighted by atomic mass is 32.2. The molecule has 0 saturated heterocycles. The van der Waals surface area contributed by atoms with Crippen molar-refractivity contribution in [3.05, 3.63) is 93.5 Å². The minimum atomic E-state index is -4.14. The number of hydrogen-bond acceptors (Lipinski definition) is 6. The smallest absolute Gasteiger partial charge is 0.271 e. The van der Waals surface area contributed by atoms with E-state index in [1.165, 1.54) is 31.4 Å². The zero-order valence-corrected chi connectivity index (χ0v) is 19.8. The summed E-state index contributed by atoms with van der Waals surface area (Å²) in [5, 5.41) is 13.7. The van der Waals surface area contributed by atoms with Crippen LogP contribution in [0.1, 0.15) is 16.7 Å². The van der Waals surface area contributed by atoms with Gasteiger partial charge in [-0.25, -0.2) is 8.42 Å². The molecule has 0 bridgehead atoms. The Hall–Kier alpha value is -3.76. The number of non-ortho nitro benzene ring substituents is 1. The highest BCUT2D eigenvalue weighted by Crippen LogP contribution is 2.29. The molecule has 9 nitrogen and oxygen atoms in total. The molecule has 1 N–H and O–H groups in total. The average molecular weight is 484 g/mol. The predicted octanol–water partition coefficient (Wildman–Crippen LogP) is 4.05. The van der Waals surface area contributed by atoms with E-state index in [0.29, 0.717) is 11.1 Å². The Morgan fingerprint density at radius 3 is 2.41 bits per heavy atom. The van der Waals surface area contributed by atoms with Crippen molar-refractivity contribution in [1.29, 1.82) is 0 Å². The predicted molar refractivity (Wildman–Crippen MR) is 128 cm³/mol. The van der Waals surface area contributed by atoms with Crippen molar-refractivity contribution in [1.82, 2.24) is 4.31 Å². The van der Waals surface area contributed by atoms with Gasteiger partial charge in [-0.2, -0.15) is 4.31 Å². The van der Waals surface area contributed by atoms with E-state index in [2.05, 4.69) is 5.32 Å². The number of sulfonamides is 1. The second kappa shape index (κ2) is 10.4. The highest BCUT2D eigenvalue weighted by Gasteiger charge is 2.30. The van der Waals surface area contributed by atoms with E-state index in [0.717, 1.165) is 9.87 Å². The molecule has 3 rings (SSSR count). The number of ether oxygens (including phenoxy) is 1. The van der Waals surface area contributed by atoms with Gasteiger partial charge in [0, 0.05) is 18.7 Å². The summed E-state index contributed by atoms with van der Waals surface area (Å²) in [7, 11) is -2.77. The van der Waals surface area contributed by atoms with Gasteiger partial charge < -0.3 is 10.1 Å². The summed E-state index contributed by atoms with van der Waals surface area (Å²) in [6, 6.07) is 17.8. The fourth-order valence-corrected chi connectivity index (χ4v) is 4.97. The number of carbonyl (C=O) groups is 1. The first-order valence-electron chi connectivity index (χ1n) is 10.4. The lowest BCUT2D eigenvalue weighted by Crippen LogP contribution is -2.37. The van der Waals surface area contributed by atoms with Gasteiger partial charge in [-0.15, -0.1) is 0 Å². The van der Waals surface area contributed by atoms with Crippen LogP contribution in [0, 0.1) is 24.0 Å². The zero-order chi connectivity index (χ0) is 24.9. The first kappa shape index (κ1) is 24.9. The first-order chi connectivity index (χ1) is 16.1. The van der Waals surface area contributed by atoms with E-state index < -0.39 is 27.4 Å². The van der Waals surface area contributed by atoms with E-state index in [-0.39, 0.29) is 28.6 Å². The van der Waals surface area contributed by atoms with Crippen LogP contribution in [0.4, 0.5) is 11.4 Å². The number of carbonyl (C=O) groups excluding carboxylic acids is 1. The maximum absolute atomic E-state index is 13.6. The monoisotopic (exact) mass is 483 g/mol. The molecule has 3 aromatic carbocycles.